The van der Waals surface area contributed by atoms with Gasteiger partial charge in [-0.15, -0.1) is 0 Å². The lowest BCUT2D eigenvalue weighted by atomic mass is 10.2. The van der Waals surface area contributed by atoms with Crippen molar-refractivity contribution in [2.75, 3.05) is 20.3 Å². The van der Waals surface area contributed by atoms with Crippen LogP contribution in [0.25, 0.3) is 0 Å². The molecule has 0 radical (unpaired) electrons. The van der Waals surface area contributed by atoms with Gasteiger partial charge in [0.2, 0.25) is 10.0 Å². The number of rotatable bonds is 8. The van der Waals surface area contributed by atoms with Gasteiger partial charge in [0, 0.05) is 13.2 Å². The Morgan fingerprint density at radius 2 is 1.96 bits per heavy atom. The monoisotopic (exact) mass is 377 g/mol. The summed E-state index contributed by atoms with van der Waals surface area (Å²) >= 11 is 0. The molecule has 1 saturated heterocycles. The highest BCUT2D eigenvalue weighted by Gasteiger charge is 2.18. The molecule has 1 aliphatic heterocycles. The number of benzene rings is 2. The molecular weight excluding hydrogens is 354 g/mol. The summed E-state index contributed by atoms with van der Waals surface area (Å²) in [5.74, 6) is 1.19. The summed E-state index contributed by atoms with van der Waals surface area (Å²) in [6.45, 7) is 1.43. The Hall–Kier alpha value is -2.09. The Kier molecular flexibility index (Phi) is 6.13. The van der Waals surface area contributed by atoms with E-state index in [4.69, 9.17) is 14.2 Å². The lowest BCUT2D eigenvalue weighted by Crippen LogP contribution is -2.23. The summed E-state index contributed by atoms with van der Waals surface area (Å²) in [5, 5.41) is 0. The van der Waals surface area contributed by atoms with Gasteiger partial charge in [0.1, 0.15) is 6.61 Å². The molecule has 0 saturated carbocycles. The fourth-order valence-corrected chi connectivity index (χ4v) is 3.80. The molecule has 1 N–H and O–H groups in total. The smallest absolute Gasteiger partial charge is 0.240 e. The van der Waals surface area contributed by atoms with E-state index in [9.17, 15) is 8.42 Å². The molecule has 0 aliphatic carbocycles. The van der Waals surface area contributed by atoms with Gasteiger partial charge in [-0.05, 0) is 42.7 Å². The fraction of sp³-hybridized carbons (Fsp3) is 0.368. The molecule has 2 aromatic carbocycles. The lowest BCUT2D eigenvalue weighted by molar-refractivity contribution is 0.0669. The van der Waals surface area contributed by atoms with E-state index in [-0.39, 0.29) is 17.5 Å². The molecule has 0 spiro atoms. The first-order valence-corrected chi connectivity index (χ1v) is 10.0. The molecule has 0 amide bonds. The zero-order valence-corrected chi connectivity index (χ0v) is 15.5. The first kappa shape index (κ1) is 18.7. The van der Waals surface area contributed by atoms with Gasteiger partial charge in [-0.3, -0.25) is 0 Å². The molecule has 0 unspecified atom stereocenters. The van der Waals surface area contributed by atoms with Gasteiger partial charge < -0.3 is 14.2 Å². The van der Waals surface area contributed by atoms with Gasteiger partial charge in [0.25, 0.3) is 0 Å². The minimum absolute atomic E-state index is 0.122. The highest BCUT2D eigenvalue weighted by Crippen LogP contribution is 2.29. The average molecular weight is 377 g/mol. The van der Waals surface area contributed by atoms with Crippen molar-refractivity contribution >= 4 is 10.0 Å². The molecule has 1 aliphatic rings. The molecule has 6 nitrogen and oxygen atoms in total. The maximum absolute atomic E-state index is 12.3. The zero-order chi connectivity index (χ0) is 18.4. The second-order valence-electron chi connectivity index (χ2n) is 6.07. The molecule has 1 heterocycles. The van der Waals surface area contributed by atoms with E-state index in [1.54, 1.807) is 49.6 Å². The lowest BCUT2D eigenvalue weighted by Gasteiger charge is -2.15. The largest absolute Gasteiger partial charge is 0.493 e. The Labute approximate surface area is 154 Å². The second-order valence-corrected chi connectivity index (χ2v) is 7.84. The zero-order valence-electron chi connectivity index (χ0n) is 14.7. The van der Waals surface area contributed by atoms with E-state index in [0.717, 1.165) is 25.0 Å². The van der Waals surface area contributed by atoms with Crippen LogP contribution in [-0.2, 0) is 21.3 Å². The van der Waals surface area contributed by atoms with E-state index >= 15 is 0 Å². The quantitative estimate of drug-likeness (QED) is 0.766. The van der Waals surface area contributed by atoms with Crippen molar-refractivity contribution in [3.8, 4) is 11.5 Å². The van der Waals surface area contributed by atoms with Crippen LogP contribution in [0.5, 0.6) is 11.5 Å². The van der Waals surface area contributed by atoms with Crippen LogP contribution >= 0.6 is 0 Å². The number of sulfonamides is 1. The van der Waals surface area contributed by atoms with Crippen molar-refractivity contribution < 1.29 is 22.6 Å². The highest BCUT2D eigenvalue weighted by atomic mass is 32.2. The van der Waals surface area contributed by atoms with Crippen LogP contribution in [0.3, 0.4) is 0 Å². The molecule has 1 fully saturated rings. The summed E-state index contributed by atoms with van der Waals surface area (Å²) in [7, 11) is -1.99. The molecule has 140 valence electrons. The summed E-state index contributed by atoms with van der Waals surface area (Å²) in [6.07, 6.45) is 2.19. The minimum Gasteiger partial charge on any atom is -0.493 e. The minimum atomic E-state index is -3.55. The standard InChI is InChI=1S/C19H23NO5S/c1-23-19-12-15(9-10-18(19)25-14-16-6-5-11-24-16)13-20-26(21,22)17-7-3-2-4-8-17/h2-4,7-10,12,16,20H,5-6,11,13-14H2,1H3/t16-/m0/s1. The molecule has 26 heavy (non-hydrogen) atoms. The SMILES string of the molecule is COc1cc(CNS(=O)(=O)c2ccccc2)ccc1OC[C@@H]1CCCO1. The normalized spacial score (nSPS) is 17.2. The second kappa shape index (κ2) is 8.53. The van der Waals surface area contributed by atoms with Gasteiger partial charge in [0.15, 0.2) is 11.5 Å². The Balaban J connectivity index is 1.63. The molecule has 0 aromatic heterocycles. The van der Waals surface area contributed by atoms with Gasteiger partial charge in [0.05, 0.1) is 18.1 Å². The first-order chi connectivity index (χ1) is 12.6. The van der Waals surface area contributed by atoms with Crippen LogP contribution in [0.2, 0.25) is 0 Å². The van der Waals surface area contributed by atoms with Gasteiger partial charge >= 0.3 is 0 Å². The summed E-state index contributed by atoms with van der Waals surface area (Å²) < 4.78 is 43.9. The maximum Gasteiger partial charge on any atom is 0.240 e. The molecule has 3 rings (SSSR count). The Morgan fingerprint density at radius 1 is 1.15 bits per heavy atom. The summed E-state index contributed by atoms with van der Waals surface area (Å²) in [4.78, 5) is 0.239. The Bertz CT molecular complexity index is 817. The summed E-state index contributed by atoms with van der Waals surface area (Å²) in [6, 6.07) is 13.7. The topological polar surface area (TPSA) is 73.9 Å². The maximum atomic E-state index is 12.3. The van der Waals surface area contributed by atoms with Crippen molar-refractivity contribution in [3.05, 3.63) is 54.1 Å². The van der Waals surface area contributed by atoms with Crippen LogP contribution in [0, 0.1) is 0 Å². The van der Waals surface area contributed by atoms with E-state index in [2.05, 4.69) is 4.72 Å². The average Bonchev–Trinajstić information content (AvgIpc) is 3.19. The van der Waals surface area contributed by atoms with Crippen LogP contribution in [0.4, 0.5) is 0 Å². The predicted molar refractivity (Wildman–Crippen MR) is 97.9 cm³/mol. The molecule has 0 bridgehead atoms. The van der Waals surface area contributed by atoms with Crippen molar-refractivity contribution in [1.82, 2.24) is 4.72 Å². The fourth-order valence-electron chi connectivity index (χ4n) is 2.76. The number of ether oxygens (including phenoxy) is 3. The number of nitrogens with one attached hydrogen (secondary N) is 1. The van der Waals surface area contributed by atoms with E-state index < -0.39 is 10.0 Å². The third-order valence-electron chi connectivity index (χ3n) is 4.20. The van der Waals surface area contributed by atoms with Crippen molar-refractivity contribution in [3.63, 3.8) is 0 Å². The van der Waals surface area contributed by atoms with Crippen LogP contribution in [-0.4, -0.2) is 34.8 Å². The highest BCUT2D eigenvalue weighted by molar-refractivity contribution is 7.89. The predicted octanol–water partition coefficient (Wildman–Crippen LogP) is 2.73. The van der Waals surface area contributed by atoms with Crippen LogP contribution in [0.1, 0.15) is 18.4 Å². The van der Waals surface area contributed by atoms with Gasteiger partial charge in [-0.25, -0.2) is 13.1 Å². The number of hydrogen-bond acceptors (Lipinski definition) is 5. The molecule has 1 atom stereocenters. The molecule has 7 heteroatoms. The van der Waals surface area contributed by atoms with Crippen molar-refractivity contribution in [2.45, 2.75) is 30.4 Å². The van der Waals surface area contributed by atoms with E-state index in [1.807, 2.05) is 6.07 Å². The van der Waals surface area contributed by atoms with Crippen LogP contribution < -0.4 is 14.2 Å². The van der Waals surface area contributed by atoms with Gasteiger partial charge in [-0.2, -0.15) is 0 Å². The Morgan fingerprint density at radius 3 is 2.65 bits per heavy atom. The van der Waals surface area contributed by atoms with Crippen molar-refractivity contribution in [1.29, 1.82) is 0 Å². The van der Waals surface area contributed by atoms with E-state index in [0.29, 0.717) is 18.1 Å². The first-order valence-electron chi connectivity index (χ1n) is 8.54. The molecule has 2 aromatic rings. The number of hydrogen-bond donors (Lipinski definition) is 1. The van der Waals surface area contributed by atoms with Gasteiger partial charge in [-0.1, -0.05) is 24.3 Å². The summed E-state index contributed by atoms with van der Waals surface area (Å²) in [5.41, 5.74) is 0.783. The van der Waals surface area contributed by atoms with E-state index in [1.165, 1.54) is 0 Å². The van der Waals surface area contributed by atoms with Crippen molar-refractivity contribution in [2.24, 2.45) is 0 Å². The van der Waals surface area contributed by atoms with Crippen LogP contribution in [0.15, 0.2) is 53.4 Å². The third kappa shape index (κ3) is 4.75. The molecular formula is C19H23NO5S. The third-order valence-corrected chi connectivity index (χ3v) is 5.61. The number of methoxy groups -OCH3 is 1.